The van der Waals surface area contributed by atoms with Gasteiger partial charge in [-0.25, -0.2) is 14.6 Å². The number of hydrazine groups is 1. The molecule has 1 aliphatic heterocycles. The first kappa shape index (κ1) is 44.5. The van der Waals surface area contributed by atoms with Gasteiger partial charge in [0.15, 0.2) is 0 Å². The molecule has 15 nitrogen and oxygen atoms in total. The minimum absolute atomic E-state index is 0.118. The van der Waals surface area contributed by atoms with Crippen molar-refractivity contribution in [2.45, 2.75) is 91.9 Å². The Labute approximate surface area is 335 Å². The molecular weight excluding hydrogens is 731 g/mol. The Kier molecular flexibility index (Phi) is 15.4. The van der Waals surface area contributed by atoms with Crippen LogP contribution in [0.25, 0.3) is 0 Å². The lowest BCUT2D eigenvalue weighted by Gasteiger charge is -2.39. The number of aliphatic hydroxyl groups excluding tert-OH is 2. The Hall–Kier alpha value is -5.25. The molecule has 0 saturated carbocycles. The highest BCUT2D eigenvalue weighted by molar-refractivity contribution is 5.86. The summed E-state index contributed by atoms with van der Waals surface area (Å²) in [6.45, 7) is 11.4. The van der Waals surface area contributed by atoms with Crippen molar-refractivity contribution < 1.29 is 38.9 Å². The second kappa shape index (κ2) is 19.7. The van der Waals surface area contributed by atoms with Gasteiger partial charge in [0.1, 0.15) is 11.8 Å². The molecule has 57 heavy (non-hydrogen) atoms. The number of pyridine rings is 1. The average molecular weight is 790 g/mol. The molecule has 0 aliphatic carbocycles. The lowest BCUT2D eigenvalue weighted by atomic mass is 9.75. The summed E-state index contributed by atoms with van der Waals surface area (Å²) in [6.07, 6.45) is -1.73. The molecule has 310 valence electrons. The molecule has 5 amide bonds. The van der Waals surface area contributed by atoms with Gasteiger partial charge in [-0.1, -0.05) is 90.1 Å². The minimum atomic E-state index is -1.22. The van der Waals surface area contributed by atoms with Gasteiger partial charge in [-0.15, -0.1) is 0 Å². The number of alkyl carbamates (subject to hydrolysis) is 1. The van der Waals surface area contributed by atoms with Crippen molar-refractivity contribution in [2.24, 2.45) is 16.7 Å². The Morgan fingerprint density at radius 3 is 2.16 bits per heavy atom. The van der Waals surface area contributed by atoms with Crippen molar-refractivity contribution in [1.29, 1.82) is 0 Å². The number of rotatable bonds is 17. The minimum Gasteiger partial charge on any atom is -0.497 e. The van der Waals surface area contributed by atoms with Crippen LogP contribution in [0, 0.1) is 16.7 Å². The number of carbonyl (C=O) groups is 4. The molecule has 0 spiro atoms. The second-order valence-electron chi connectivity index (χ2n) is 16.5. The molecule has 4 rings (SSSR count). The topological polar surface area (TPSA) is 195 Å². The second-order valence-corrected chi connectivity index (χ2v) is 16.5. The van der Waals surface area contributed by atoms with E-state index >= 15 is 0 Å². The van der Waals surface area contributed by atoms with E-state index < -0.39 is 53.0 Å². The number of nitrogens with one attached hydrogen (secondary N) is 4. The number of nitrogens with zero attached hydrogens (tertiary/aromatic N) is 3. The van der Waals surface area contributed by atoms with Gasteiger partial charge in [0.2, 0.25) is 5.91 Å². The number of amides is 5. The van der Waals surface area contributed by atoms with E-state index in [2.05, 4.69) is 26.4 Å². The summed E-state index contributed by atoms with van der Waals surface area (Å²) in [7, 11) is 2.79. The maximum absolute atomic E-state index is 14.6. The molecule has 0 radical (unpaired) electrons. The highest BCUT2D eigenvalue weighted by atomic mass is 16.5. The molecule has 5 atom stereocenters. The zero-order valence-electron chi connectivity index (χ0n) is 34.2. The van der Waals surface area contributed by atoms with E-state index in [1.54, 1.807) is 47.4 Å². The van der Waals surface area contributed by atoms with E-state index in [-0.39, 0.29) is 51.1 Å². The van der Waals surface area contributed by atoms with Crippen LogP contribution in [-0.4, -0.2) is 101 Å². The van der Waals surface area contributed by atoms with E-state index in [1.807, 2.05) is 84.0 Å². The molecule has 2 heterocycles. The fourth-order valence-corrected chi connectivity index (χ4v) is 7.02. The molecule has 2 aromatic carbocycles. The van der Waals surface area contributed by atoms with Crippen LogP contribution in [0.2, 0.25) is 0 Å². The Morgan fingerprint density at radius 1 is 0.895 bits per heavy atom. The molecule has 0 bridgehead atoms. The number of aromatic nitrogens is 1. The monoisotopic (exact) mass is 789 g/mol. The van der Waals surface area contributed by atoms with Crippen LogP contribution in [0.15, 0.2) is 72.8 Å². The molecule has 1 aromatic heterocycles. The summed E-state index contributed by atoms with van der Waals surface area (Å²) in [5.74, 6) is -0.958. The van der Waals surface area contributed by atoms with Gasteiger partial charge in [-0.2, -0.15) is 0 Å². The maximum atomic E-state index is 14.6. The van der Waals surface area contributed by atoms with Crippen LogP contribution >= 0.6 is 0 Å². The van der Waals surface area contributed by atoms with E-state index in [9.17, 15) is 29.4 Å². The van der Waals surface area contributed by atoms with Crippen molar-refractivity contribution in [3.8, 4) is 5.75 Å². The van der Waals surface area contributed by atoms with E-state index in [0.717, 1.165) is 11.1 Å². The molecule has 1 saturated heterocycles. The van der Waals surface area contributed by atoms with Crippen molar-refractivity contribution >= 4 is 23.9 Å². The largest absolute Gasteiger partial charge is 0.497 e. The summed E-state index contributed by atoms with van der Waals surface area (Å²) < 4.78 is 10.1. The Bertz CT molecular complexity index is 1800. The normalized spacial score (nSPS) is 16.6. The van der Waals surface area contributed by atoms with E-state index in [1.165, 1.54) is 7.11 Å². The van der Waals surface area contributed by atoms with Gasteiger partial charge in [-0.05, 0) is 52.6 Å². The van der Waals surface area contributed by atoms with Crippen LogP contribution in [0.1, 0.15) is 64.1 Å². The number of aliphatic hydroxyl groups is 2. The van der Waals surface area contributed by atoms with Crippen LogP contribution in [0.3, 0.4) is 0 Å². The van der Waals surface area contributed by atoms with Crippen molar-refractivity contribution in [2.75, 3.05) is 27.3 Å². The summed E-state index contributed by atoms with van der Waals surface area (Å²) in [5.41, 5.74) is 4.27. The fraction of sp³-hybridized carbons (Fsp3) is 0.500. The summed E-state index contributed by atoms with van der Waals surface area (Å²) in [4.78, 5) is 60.1. The highest BCUT2D eigenvalue weighted by Crippen LogP contribution is 2.34. The van der Waals surface area contributed by atoms with Gasteiger partial charge in [0.25, 0.3) is 5.91 Å². The number of carbonyl (C=O) groups excluding carboxylic acids is 4. The SMILES string of the molecule is COC(=O)NC(C(=O)NN(Cc1ccc(OC)cc1)CC(O)C(Cc1ccccc1)NC(=O)C(C1CNC(=O)N1Cc1cccc(CO)n1)C(C)(C)C)C(C)(C)C. The summed E-state index contributed by atoms with van der Waals surface area (Å²) in [5, 5.41) is 32.0. The highest BCUT2D eigenvalue weighted by Gasteiger charge is 2.46. The first-order chi connectivity index (χ1) is 26.9. The summed E-state index contributed by atoms with van der Waals surface area (Å²) >= 11 is 0. The van der Waals surface area contributed by atoms with Crippen molar-refractivity contribution in [1.82, 2.24) is 36.3 Å². The van der Waals surface area contributed by atoms with Gasteiger partial charge in [-0.3, -0.25) is 20.0 Å². The van der Waals surface area contributed by atoms with Crippen molar-refractivity contribution in [3.63, 3.8) is 0 Å². The molecule has 5 unspecified atom stereocenters. The van der Waals surface area contributed by atoms with Gasteiger partial charge in [0.05, 0.1) is 62.9 Å². The third kappa shape index (κ3) is 12.6. The predicted molar refractivity (Wildman–Crippen MR) is 214 cm³/mol. The van der Waals surface area contributed by atoms with Gasteiger partial charge in [0, 0.05) is 19.6 Å². The number of urea groups is 1. The van der Waals surface area contributed by atoms with Crippen LogP contribution in [0.5, 0.6) is 5.75 Å². The third-order valence-electron chi connectivity index (χ3n) is 9.96. The van der Waals surface area contributed by atoms with Crippen LogP contribution in [0.4, 0.5) is 9.59 Å². The zero-order chi connectivity index (χ0) is 41.9. The first-order valence-corrected chi connectivity index (χ1v) is 19.1. The lowest BCUT2D eigenvalue weighted by Crippen LogP contribution is -2.60. The van der Waals surface area contributed by atoms with E-state index in [4.69, 9.17) is 9.47 Å². The number of hydrogen-bond donors (Lipinski definition) is 6. The smallest absolute Gasteiger partial charge is 0.407 e. The summed E-state index contributed by atoms with van der Waals surface area (Å²) in [6, 6.07) is 19.2. The Balaban J connectivity index is 1.65. The molecule has 3 aromatic rings. The molecular formula is C42H59N7O8. The van der Waals surface area contributed by atoms with Crippen LogP contribution < -0.4 is 26.1 Å². The maximum Gasteiger partial charge on any atom is 0.407 e. The predicted octanol–water partition coefficient (Wildman–Crippen LogP) is 3.53. The standard InChI is InChI=1S/C42H59N7O8/c1-41(2,3)35(33-22-43-39(54)49(33)24-29-15-12-16-30(26-50)44-29)37(52)45-32(21-27-13-10-9-11-14-27)34(51)25-48(23-28-17-19-31(56-7)20-18-28)47-38(53)36(42(4,5)6)46-40(55)57-8/h9-20,32-36,50-51H,21-26H2,1-8H3,(H,43,54)(H,45,52)(H,46,55)(H,47,53). The fourth-order valence-electron chi connectivity index (χ4n) is 7.02. The molecule has 1 fully saturated rings. The Morgan fingerprint density at radius 2 is 1.56 bits per heavy atom. The molecule has 1 aliphatic rings. The number of methoxy groups -OCH3 is 2. The zero-order valence-corrected chi connectivity index (χ0v) is 34.2. The number of benzene rings is 2. The third-order valence-corrected chi connectivity index (χ3v) is 9.96. The average Bonchev–Trinajstić information content (AvgIpc) is 3.50. The first-order valence-electron chi connectivity index (χ1n) is 19.1. The van der Waals surface area contributed by atoms with Gasteiger partial charge >= 0.3 is 12.1 Å². The lowest BCUT2D eigenvalue weighted by molar-refractivity contribution is -0.134. The van der Waals surface area contributed by atoms with Crippen molar-refractivity contribution in [3.05, 3.63) is 95.3 Å². The van der Waals surface area contributed by atoms with E-state index in [0.29, 0.717) is 17.1 Å². The van der Waals surface area contributed by atoms with Crippen LogP contribution in [-0.2, 0) is 40.4 Å². The molecule has 15 heteroatoms. The molecule has 6 N–H and O–H groups in total. The number of ether oxygens (including phenoxy) is 2. The number of hydrogen-bond acceptors (Lipinski definition) is 10. The quantitative estimate of drug-likeness (QED) is 0.110. The van der Waals surface area contributed by atoms with Gasteiger partial charge < -0.3 is 40.5 Å².